The largest absolute Gasteiger partial charge is 0.484 e. The van der Waals surface area contributed by atoms with Crippen molar-refractivity contribution >= 4 is 5.91 Å². The molecule has 1 fully saturated rings. The van der Waals surface area contributed by atoms with Crippen LogP contribution in [0.5, 0.6) is 5.75 Å². The van der Waals surface area contributed by atoms with E-state index in [4.69, 9.17) is 4.74 Å². The normalized spacial score (nSPS) is 22.3. The van der Waals surface area contributed by atoms with E-state index in [9.17, 15) is 9.90 Å². The van der Waals surface area contributed by atoms with Crippen molar-refractivity contribution in [2.24, 2.45) is 0 Å². The molecule has 0 saturated heterocycles. The second-order valence-electron chi connectivity index (χ2n) is 5.31. The smallest absolute Gasteiger partial charge is 0.258 e. The Morgan fingerprint density at radius 3 is 2.65 bits per heavy atom. The summed E-state index contributed by atoms with van der Waals surface area (Å²) in [5.41, 5.74) is 1.24. The van der Waals surface area contributed by atoms with Crippen molar-refractivity contribution in [2.75, 3.05) is 6.61 Å². The summed E-state index contributed by atoms with van der Waals surface area (Å²) in [6.45, 7) is 2.09. The van der Waals surface area contributed by atoms with Crippen LogP contribution in [0.2, 0.25) is 0 Å². The number of aliphatic hydroxyl groups is 1. The lowest BCUT2D eigenvalue weighted by Crippen LogP contribution is -2.46. The molecule has 0 radical (unpaired) electrons. The van der Waals surface area contributed by atoms with Crippen LogP contribution in [0.1, 0.15) is 38.2 Å². The zero-order valence-electron chi connectivity index (χ0n) is 12.0. The highest BCUT2D eigenvalue weighted by Gasteiger charge is 2.24. The molecule has 1 aliphatic carbocycles. The Hall–Kier alpha value is -1.55. The monoisotopic (exact) mass is 277 g/mol. The van der Waals surface area contributed by atoms with E-state index in [1.165, 1.54) is 5.56 Å². The van der Waals surface area contributed by atoms with Gasteiger partial charge in [0.2, 0.25) is 0 Å². The lowest BCUT2D eigenvalue weighted by molar-refractivity contribution is -0.125. The average molecular weight is 277 g/mol. The van der Waals surface area contributed by atoms with Crippen LogP contribution in [0.4, 0.5) is 0 Å². The predicted octanol–water partition coefficient (Wildman–Crippen LogP) is 2.05. The number of aryl methyl sites for hydroxylation is 1. The van der Waals surface area contributed by atoms with Gasteiger partial charge in [0.1, 0.15) is 5.75 Å². The lowest BCUT2D eigenvalue weighted by atomic mass is 9.92. The molecule has 2 atom stereocenters. The van der Waals surface area contributed by atoms with Crippen LogP contribution in [0, 0.1) is 0 Å². The molecule has 1 aromatic carbocycles. The molecule has 0 aliphatic heterocycles. The van der Waals surface area contributed by atoms with Gasteiger partial charge in [-0.3, -0.25) is 4.79 Å². The van der Waals surface area contributed by atoms with E-state index in [0.29, 0.717) is 5.75 Å². The number of hydrogen-bond donors (Lipinski definition) is 2. The second kappa shape index (κ2) is 7.29. The Kier molecular flexibility index (Phi) is 5.41. The van der Waals surface area contributed by atoms with Gasteiger partial charge >= 0.3 is 0 Å². The number of benzene rings is 1. The van der Waals surface area contributed by atoms with E-state index in [2.05, 4.69) is 12.2 Å². The van der Waals surface area contributed by atoms with E-state index >= 15 is 0 Å². The Bertz CT molecular complexity index is 430. The van der Waals surface area contributed by atoms with E-state index in [1.807, 2.05) is 24.3 Å². The summed E-state index contributed by atoms with van der Waals surface area (Å²) in [6.07, 6.45) is 4.27. The molecule has 1 aromatic rings. The highest BCUT2D eigenvalue weighted by Crippen LogP contribution is 2.18. The quantitative estimate of drug-likeness (QED) is 0.866. The van der Waals surface area contributed by atoms with Crippen LogP contribution in [-0.2, 0) is 11.2 Å². The summed E-state index contributed by atoms with van der Waals surface area (Å²) >= 11 is 0. The molecule has 1 amide bonds. The van der Waals surface area contributed by atoms with Crippen molar-refractivity contribution in [1.29, 1.82) is 0 Å². The van der Waals surface area contributed by atoms with Crippen molar-refractivity contribution < 1.29 is 14.6 Å². The standard InChI is InChI=1S/C16H23NO3/c1-2-12-7-9-13(10-8-12)20-11-16(19)17-14-5-3-4-6-15(14)18/h7-10,14-15,18H,2-6,11H2,1H3,(H,17,19)/t14-,15-/m0/s1. The van der Waals surface area contributed by atoms with Gasteiger partial charge in [-0.25, -0.2) is 0 Å². The maximum Gasteiger partial charge on any atom is 0.258 e. The molecule has 110 valence electrons. The maximum absolute atomic E-state index is 11.8. The third-order valence-electron chi connectivity index (χ3n) is 3.78. The van der Waals surface area contributed by atoms with Gasteiger partial charge in [0.05, 0.1) is 12.1 Å². The van der Waals surface area contributed by atoms with Gasteiger partial charge in [0.15, 0.2) is 6.61 Å². The van der Waals surface area contributed by atoms with Gasteiger partial charge in [0.25, 0.3) is 5.91 Å². The minimum absolute atomic E-state index is 0.00527. The Morgan fingerprint density at radius 1 is 1.30 bits per heavy atom. The summed E-state index contributed by atoms with van der Waals surface area (Å²) < 4.78 is 5.45. The summed E-state index contributed by atoms with van der Waals surface area (Å²) in [6, 6.07) is 7.63. The van der Waals surface area contributed by atoms with Crippen molar-refractivity contribution in [3.8, 4) is 5.75 Å². The molecular formula is C16H23NO3. The number of carbonyl (C=O) groups excluding carboxylic acids is 1. The molecule has 0 spiro atoms. The lowest BCUT2D eigenvalue weighted by Gasteiger charge is -2.28. The first-order valence-electron chi connectivity index (χ1n) is 7.38. The summed E-state index contributed by atoms with van der Waals surface area (Å²) in [4.78, 5) is 11.8. The van der Waals surface area contributed by atoms with E-state index in [0.717, 1.165) is 32.1 Å². The minimum Gasteiger partial charge on any atom is -0.484 e. The first-order chi connectivity index (χ1) is 9.69. The van der Waals surface area contributed by atoms with Crippen LogP contribution in [0.25, 0.3) is 0 Å². The number of ether oxygens (including phenoxy) is 1. The third kappa shape index (κ3) is 4.23. The van der Waals surface area contributed by atoms with Gasteiger partial charge in [-0.1, -0.05) is 31.9 Å². The fourth-order valence-corrected chi connectivity index (χ4v) is 2.50. The second-order valence-corrected chi connectivity index (χ2v) is 5.31. The topological polar surface area (TPSA) is 58.6 Å². The molecule has 4 heteroatoms. The van der Waals surface area contributed by atoms with E-state index in [-0.39, 0.29) is 18.6 Å². The van der Waals surface area contributed by atoms with Gasteiger partial charge in [-0.15, -0.1) is 0 Å². The fraction of sp³-hybridized carbons (Fsp3) is 0.562. The van der Waals surface area contributed by atoms with Crippen molar-refractivity contribution in [3.05, 3.63) is 29.8 Å². The van der Waals surface area contributed by atoms with Crippen LogP contribution in [-0.4, -0.2) is 29.8 Å². The number of carbonyl (C=O) groups is 1. The SMILES string of the molecule is CCc1ccc(OCC(=O)N[C@H]2CCCC[C@@H]2O)cc1. The van der Waals surface area contributed by atoms with E-state index in [1.54, 1.807) is 0 Å². The van der Waals surface area contributed by atoms with Crippen molar-refractivity contribution in [1.82, 2.24) is 5.32 Å². The molecule has 4 nitrogen and oxygen atoms in total. The summed E-state index contributed by atoms with van der Waals surface area (Å²) in [7, 11) is 0. The van der Waals surface area contributed by atoms with Crippen LogP contribution >= 0.6 is 0 Å². The van der Waals surface area contributed by atoms with Gasteiger partial charge in [0, 0.05) is 0 Å². The number of amides is 1. The molecule has 1 saturated carbocycles. The predicted molar refractivity (Wildman–Crippen MR) is 77.7 cm³/mol. The Labute approximate surface area is 120 Å². The number of rotatable bonds is 5. The fourth-order valence-electron chi connectivity index (χ4n) is 2.50. The molecule has 0 bridgehead atoms. The molecule has 0 aromatic heterocycles. The third-order valence-corrected chi connectivity index (χ3v) is 3.78. The van der Waals surface area contributed by atoms with E-state index < -0.39 is 6.10 Å². The minimum atomic E-state index is -0.420. The zero-order chi connectivity index (χ0) is 14.4. The van der Waals surface area contributed by atoms with Crippen LogP contribution in [0.15, 0.2) is 24.3 Å². The highest BCUT2D eigenvalue weighted by atomic mass is 16.5. The van der Waals surface area contributed by atoms with Crippen molar-refractivity contribution in [2.45, 2.75) is 51.2 Å². The van der Waals surface area contributed by atoms with Gasteiger partial charge < -0.3 is 15.2 Å². The Morgan fingerprint density at radius 2 is 2.00 bits per heavy atom. The number of aliphatic hydroxyl groups excluding tert-OH is 1. The van der Waals surface area contributed by atoms with Crippen LogP contribution < -0.4 is 10.1 Å². The first kappa shape index (κ1) is 14.9. The molecule has 0 heterocycles. The number of nitrogens with one attached hydrogen (secondary N) is 1. The number of hydrogen-bond acceptors (Lipinski definition) is 3. The zero-order valence-corrected chi connectivity index (χ0v) is 12.0. The van der Waals surface area contributed by atoms with Gasteiger partial charge in [-0.2, -0.15) is 0 Å². The summed E-state index contributed by atoms with van der Waals surface area (Å²) in [5.74, 6) is 0.525. The molecule has 2 rings (SSSR count). The molecule has 1 aliphatic rings. The molecule has 20 heavy (non-hydrogen) atoms. The molecule has 2 N–H and O–H groups in total. The maximum atomic E-state index is 11.8. The first-order valence-corrected chi connectivity index (χ1v) is 7.38. The highest BCUT2D eigenvalue weighted by molar-refractivity contribution is 5.77. The van der Waals surface area contributed by atoms with Crippen molar-refractivity contribution in [3.63, 3.8) is 0 Å². The molecular weight excluding hydrogens is 254 g/mol. The summed E-state index contributed by atoms with van der Waals surface area (Å²) in [5, 5.41) is 12.7. The molecule has 0 unspecified atom stereocenters. The van der Waals surface area contributed by atoms with Gasteiger partial charge in [-0.05, 0) is 37.0 Å². The Balaban J connectivity index is 1.76. The van der Waals surface area contributed by atoms with Crippen LogP contribution in [0.3, 0.4) is 0 Å². The average Bonchev–Trinajstić information content (AvgIpc) is 2.48.